The summed E-state index contributed by atoms with van der Waals surface area (Å²) >= 11 is 0. The molecule has 19 heavy (non-hydrogen) atoms. The third-order valence-electron chi connectivity index (χ3n) is 3.17. The number of unbranched alkanes of at least 4 members (excludes halogenated alkanes) is 1. The van der Waals surface area contributed by atoms with Crippen molar-refractivity contribution in [3.05, 3.63) is 12.3 Å². The monoisotopic (exact) mass is 320 g/mol. The third kappa shape index (κ3) is 8.21. The summed E-state index contributed by atoms with van der Waals surface area (Å²) in [6.07, 6.45) is 2.43. The maximum absolute atomic E-state index is 9.13. The van der Waals surface area contributed by atoms with Crippen molar-refractivity contribution in [3.8, 4) is 0 Å². The van der Waals surface area contributed by atoms with Crippen LogP contribution in [-0.4, -0.2) is 36.9 Å². The van der Waals surface area contributed by atoms with E-state index in [0.29, 0.717) is 0 Å². The molecule has 0 amide bonds. The fourth-order valence-corrected chi connectivity index (χ4v) is 14.7. The van der Waals surface area contributed by atoms with E-state index in [2.05, 4.69) is 46.2 Å². The predicted molar refractivity (Wildman–Crippen MR) is 90.6 cm³/mol. The van der Waals surface area contributed by atoms with Crippen LogP contribution in [0.5, 0.6) is 0 Å². The van der Waals surface area contributed by atoms with E-state index in [0.717, 1.165) is 6.04 Å². The SMILES string of the molecule is C=C[Si](C)(O[Si](C)(C)CCO)O[Si](C)(C)CCCC. The summed E-state index contributed by atoms with van der Waals surface area (Å²) < 4.78 is 12.8. The van der Waals surface area contributed by atoms with E-state index in [1.807, 2.05) is 5.70 Å². The first-order chi connectivity index (χ1) is 8.60. The van der Waals surface area contributed by atoms with Gasteiger partial charge in [-0.15, -0.1) is 6.58 Å². The van der Waals surface area contributed by atoms with Gasteiger partial charge in [0.1, 0.15) is 0 Å². The summed E-state index contributed by atoms with van der Waals surface area (Å²) in [6, 6.07) is 1.93. The van der Waals surface area contributed by atoms with Crippen LogP contribution in [0.15, 0.2) is 12.3 Å². The molecule has 0 aromatic heterocycles. The molecular formula is C13H32O3Si3. The van der Waals surface area contributed by atoms with Crippen molar-refractivity contribution in [2.24, 2.45) is 0 Å². The predicted octanol–water partition coefficient (Wildman–Crippen LogP) is 4.02. The third-order valence-corrected chi connectivity index (χ3v) is 14.6. The van der Waals surface area contributed by atoms with Gasteiger partial charge in [0.15, 0.2) is 16.6 Å². The Morgan fingerprint density at radius 1 is 1.00 bits per heavy atom. The fraction of sp³-hybridized carbons (Fsp3) is 0.846. The van der Waals surface area contributed by atoms with Crippen molar-refractivity contribution in [2.45, 2.75) is 64.6 Å². The Kier molecular flexibility index (Phi) is 8.01. The second-order valence-electron chi connectivity index (χ2n) is 6.52. The Balaban J connectivity index is 4.73. The molecule has 0 bridgehead atoms. The van der Waals surface area contributed by atoms with Crippen LogP contribution in [0.4, 0.5) is 0 Å². The van der Waals surface area contributed by atoms with E-state index in [1.165, 1.54) is 18.9 Å². The molecule has 0 spiro atoms. The van der Waals surface area contributed by atoms with Gasteiger partial charge in [0, 0.05) is 6.61 Å². The fourth-order valence-electron chi connectivity index (χ4n) is 2.18. The van der Waals surface area contributed by atoms with Gasteiger partial charge in [-0.25, -0.2) is 0 Å². The highest BCUT2D eigenvalue weighted by Crippen LogP contribution is 2.26. The number of hydrogen-bond donors (Lipinski definition) is 1. The summed E-state index contributed by atoms with van der Waals surface area (Å²) in [6.45, 7) is 17.2. The minimum absolute atomic E-state index is 0.192. The molecule has 0 aromatic rings. The van der Waals surface area contributed by atoms with Crippen molar-refractivity contribution in [1.82, 2.24) is 0 Å². The first-order valence-electron chi connectivity index (χ1n) is 7.24. The molecule has 0 saturated heterocycles. The van der Waals surface area contributed by atoms with Crippen molar-refractivity contribution >= 4 is 25.2 Å². The second-order valence-corrected chi connectivity index (χ2v) is 18.6. The number of aliphatic hydroxyl groups excluding tert-OH is 1. The number of aliphatic hydroxyl groups is 1. The van der Waals surface area contributed by atoms with Crippen LogP contribution < -0.4 is 0 Å². The highest BCUT2D eigenvalue weighted by molar-refractivity contribution is 6.90. The van der Waals surface area contributed by atoms with E-state index in [1.54, 1.807) is 0 Å². The van der Waals surface area contributed by atoms with Gasteiger partial charge in [-0.1, -0.05) is 25.5 Å². The molecule has 1 unspecified atom stereocenters. The van der Waals surface area contributed by atoms with Crippen molar-refractivity contribution < 1.29 is 13.3 Å². The number of hydrogen-bond acceptors (Lipinski definition) is 3. The number of rotatable bonds is 10. The lowest BCUT2D eigenvalue weighted by molar-refractivity contribution is 0.307. The maximum Gasteiger partial charge on any atom is 0.340 e. The van der Waals surface area contributed by atoms with Gasteiger partial charge < -0.3 is 13.3 Å². The van der Waals surface area contributed by atoms with Gasteiger partial charge in [0.2, 0.25) is 0 Å². The molecular weight excluding hydrogens is 288 g/mol. The topological polar surface area (TPSA) is 38.7 Å². The molecule has 114 valence electrons. The van der Waals surface area contributed by atoms with Crippen molar-refractivity contribution in [1.29, 1.82) is 0 Å². The molecule has 0 heterocycles. The average Bonchev–Trinajstić information content (AvgIpc) is 2.24. The van der Waals surface area contributed by atoms with E-state index in [4.69, 9.17) is 13.3 Å². The molecule has 1 atom stereocenters. The summed E-state index contributed by atoms with van der Waals surface area (Å²) in [5, 5.41) is 9.13. The Bertz CT molecular complexity index is 282. The molecule has 0 aliphatic carbocycles. The van der Waals surface area contributed by atoms with E-state index < -0.39 is 25.2 Å². The summed E-state index contributed by atoms with van der Waals surface area (Å²) in [7, 11) is -5.84. The second kappa shape index (κ2) is 7.90. The van der Waals surface area contributed by atoms with Crippen molar-refractivity contribution in [3.63, 3.8) is 0 Å². The molecule has 0 aliphatic heterocycles. The Morgan fingerprint density at radius 2 is 1.47 bits per heavy atom. The van der Waals surface area contributed by atoms with Crippen LogP contribution in [0.25, 0.3) is 0 Å². The first-order valence-corrected chi connectivity index (χ1v) is 15.9. The Morgan fingerprint density at radius 3 is 1.84 bits per heavy atom. The molecule has 0 saturated carbocycles. The maximum atomic E-state index is 9.13. The zero-order valence-electron chi connectivity index (χ0n) is 13.6. The normalized spacial score (nSPS) is 16.2. The lowest BCUT2D eigenvalue weighted by atomic mass is 10.4. The minimum atomic E-state index is -2.31. The average molecular weight is 321 g/mol. The zero-order valence-corrected chi connectivity index (χ0v) is 16.6. The summed E-state index contributed by atoms with van der Waals surface area (Å²) in [4.78, 5) is 0. The standard InChI is InChI=1S/C13H32O3Si3/c1-8-10-12-17(3,4)15-19(7,9-2)16-18(5,6)13-11-14/h9,14H,2,8,10-13H2,1,3-7H3. The van der Waals surface area contributed by atoms with Crippen LogP contribution in [0.2, 0.25) is 44.8 Å². The highest BCUT2D eigenvalue weighted by atomic mass is 28.5. The van der Waals surface area contributed by atoms with Crippen LogP contribution in [0.3, 0.4) is 0 Å². The Labute approximate surface area is 122 Å². The van der Waals surface area contributed by atoms with Crippen LogP contribution >= 0.6 is 0 Å². The lowest BCUT2D eigenvalue weighted by Gasteiger charge is -2.38. The van der Waals surface area contributed by atoms with E-state index in [9.17, 15) is 0 Å². The van der Waals surface area contributed by atoms with Crippen molar-refractivity contribution in [2.75, 3.05) is 6.61 Å². The molecule has 1 N–H and O–H groups in total. The summed E-state index contributed by atoms with van der Waals surface area (Å²) in [5.74, 6) is 0. The minimum Gasteiger partial charge on any atom is -0.433 e. The summed E-state index contributed by atoms with van der Waals surface area (Å²) in [5.41, 5.74) is 1.90. The Hall–Kier alpha value is 0.271. The van der Waals surface area contributed by atoms with Crippen LogP contribution in [0.1, 0.15) is 19.8 Å². The zero-order chi connectivity index (χ0) is 15.2. The van der Waals surface area contributed by atoms with Crippen LogP contribution in [-0.2, 0) is 8.23 Å². The van der Waals surface area contributed by atoms with Crippen LogP contribution in [0, 0.1) is 0 Å². The molecule has 0 fully saturated rings. The highest BCUT2D eigenvalue weighted by Gasteiger charge is 2.40. The van der Waals surface area contributed by atoms with Gasteiger partial charge >= 0.3 is 8.56 Å². The van der Waals surface area contributed by atoms with E-state index in [-0.39, 0.29) is 6.61 Å². The quantitative estimate of drug-likeness (QED) is 0.618. The molecule has 0 aliphatic rings. The van der Waals surface area contributed by atoms with Gasteiger partial charge in [0.05, 0.1) is 0 Å². The van der Waals surface area contributed by atoms with Gasteiger partial charge in [-0.3, -0.25) is 0 Å². The molecule has 0 rings (SSSR count). The smallest absolute Gasteiger partial charge is 0.340 e. The first kappa shape index (κ1) is 19.3. The van der Waals surface area contributed by atoms with Gasteiger partial charge in [-0.05, 0) is 44.8 Å². The molecule has 0 radical (unpaired) electrons. The molecule has 3 nitrogen and oxygen atoms in total. The lowest BCUT2D eigenvalue weighted by Crippen LogP contribution is -2.53. The van der Waals surface area contributed by atoms with Gasteiger partial charge in [-0.2, -0.15) is 0 Å². The molecule has 0 aromatic carbocycles. The van der Waals surface area contributed by atoms with Gasteiger partial charge in [0.25, 0.3) is 0 Å². The largest absolute Gasteiger partial charge is 0.433 e. The molecule has 6 heteroatoms. The van der Waals surface area contributed by atoms with E-state index >= 15 is 0 Å².